The molecule has 0 atom stereocenters. The maximum atomic E-state index is 13.1. The number of benzene rings is 1. The predicted octanol–water partition coefficient (Wildman–Crippen LogP) is 2.98. The molecule has 0 aliphatic heterocycles. The Balaban J connectivity index is 2.45. The summed E-state index contributed by atoms with van der Waals surface area (Å²) in [5, 5.41) is 0. The van der Waals surface area contributed by atoms with Crippen LogP contribution in [-0.4, -0.2) is 17.0 Å². The van der Waals surface area contributed by atoms with Gasteiger partial charge in [0, 0.05) is 18.8 Å². The van der Waals surface area contributed by atoms with E-state index in [2.05, 4.69) is 9.97 Å². The van der Waals surface area contributed by atoms with Crippen molar-refractivity contribution in [2.24, 2.45) is 0 Å². The molecule has 0 bridgehead atoms. The second-order valence-corrected chi connectivity index (χ2v) is 4.01. The molecule has 2 rings (SSSR count). The number of nitrogen functional groups attached to an aromatic ring is 1. The lowest BCUT2D eigenvalue weighted by molar-refractivity contribution is -0.141. The first-order chi connectivity index (χ1) is 9.27. The number of anilines is 3. The number of alkyl halides is 3. The zero-order valence-corrected chi connectivity index (χ0v) is 10.3. The molecule has 0 fully saturated rings. The van der Waals surface area contributed by atoms with Gasteiger partial charge in [0.1, 0.15) is 11.6 Å². The van der Waals surface area contributed by atoms with E-state index < -0.39 is 23.6 Å². The van der Waals surface area contributed by atoms with Crippen molar-refractivity contribution < 1.29 is 17.6 Å². The van der Waals surface area contributed by atoms with Crippen LogP contribution < -0.4 is 10.6 Å². The largest absolute Gasteiger partial charge is 0.433 e. The lowest BCUT2D eigenvalue weighted by Crippen LogP contribution is -2.17. The van der Waals surface area contributed by atoms with E-state index in [0.29, 0.717) is 5.69 Å². The van der Waals surface area contributed by atoms with Gasteiger partial charge < -0.3 is 10.6 Å². The van der Waals surface area contributed by atoms with E-state index >= 15 is 0 Å². The van der Waals surface area contributed by atoms with E-state index in [9.17, 15) is 17.6 Å². The molecule has 20 heavy (non-hydrogen) atoms. The third-order valence-corrected chi connectivity index (χ3v) is 2.56. The van der Waals surface area contributed by atoms with E-state index in [-0.39, 0.29) is 5.82 Å². The van der Waals surface area contributed by atoms with Gasteiger partial charge in [0.15, 0.2) is 5.69 Å². The van der Waals surface area contributed by atoms with Crippen molar-refractivity contribution in [2.45, 2.75) is 6.18 Å². The second kappa shape index (κ2) is 4.95. The van der Waals surface area contributed by atoms with Gasteiger partial charge in [-0.2, -0.15) is 18.2 Å². The summed E-state index contributed by atoms with van der Waals surface area (Å²) >= 11 is 0. The molecule has 1 heterocycles. The summed E-state index contributed by atoms with van der Waals surface area (Å²) in [7, 11) is 1.46. The Morgan fingerprint density at radius 1 is 1.15 bits per heavy atom. The fourth-order valence-corrected chi connectivity index (χ4v) is 1.59. The number of nitrogens with zero attached hydrogens (tertiary/aromatic N) is 3. The monoisotopic (exact) mass is 286 g/mol. The average Bonchev–Trinajstić information content (AvgIpc) is 2.36. The van der Waals surface area contributed by atoms with Crippen molar-refractivity contribution in [1.82, 2.24) is 9.97 Å². The summed E-state index contributed by atoms with van der Waals surface area (Å²) in [6.45, 7) is 0. The fraction of sp³-hybridized carbons (Fsp3) is 0.167. The predicted molar refractivity (Wildman–Crippen MR) is 65.9 cm³/mol. The van der Waals surface area contributed by atoms with Gasteiger partial charge in [0.25, 0.3) is 0 Å². The Morgan fingerprint density at radius 3 is 2.45 bits per heavy atom. The van der Waals surface area contributed by atoms with Gasteiger partial charge in [-0.15, -0.1) is 0 Å². The van der Waals surface area contributed by atoms with Crippen LogP contribution in [0.3, 0.4) is 0 Å². The molecule has 106 valence electrons. The second-order valence-electron chi connectivity index (χ2n) is 4.01. The van der Waals surface area contributed by atoms with Crippen molar-refractivity contribution in [2.75, 3.05) is 17.7 Å². The number of hydrogen-bond donors (Lipinski definition) is 1. The Bertz CT molecular complexity index is 627. The Morgan fingerprint density at radius 2 is 1.85 bits per heavy atom. The molecule has 0 spiro atoms. The van der Waals surface area contributed by atoms with Gasteiger partial charge in [0.2, 0.25) is 5.95 Å². The molecule has 0 aliphatic carbocycles. The quantitative estimate of drug-likeness (QED) is 0.862. The van der Waals surface area contributed by atoms with Crippen LogP contribution in [0.15, 0.2) is 30.3 Å². The molecule has 1 aromatic heterocycles. The van der Waals surface area contributed by atoms with Crippen molar-refractivity contribution >= 4 is 17.5 Å². The molecule has 2 aromatic rings. The van der Waals surface area contributed by atoms with Crippen LogP contribution in [-0.2, 0) is 6.18 Å². The summed E-state index contributed by atoms with van der Waals surface area (Å²) < 4.78 is 51.1. The highest BCUT2D eigenvalue weighted by molar-refractivity contribution is 5.60. The highest BCUT2D eigenvalue weighted by Gasteiger charge is 2.34. The zero-order valence-electron chi connectivity index (χ0n) is 10.3. The highest BCUT2D eigenvalue weighted by atomic mass is 19.4. The Labute approximate surface area is 111 Å². The van der Waals surface area contributed by atoms with Crippen LogP contribution in [0.1, 0.15) is 5.69 Å². The molecular weight excluding hydrogens is 276 g/mol. The van der Waals surface area contributed by atoms with Crippen LogP contribution in [0.5, 0.6) is 0 Å². The van der Waals surface area contributed by atoms with Gasteiger partial charge in [-0.05, 0) is 18.2 Å². The van der Waals surface area contributed by atoms with Crippen molar-refractivity contribution in [3.05, 3.63) is 41.8 Å². The Hall–Kier alpha value is -2.38. The fourth-order valence-electron chi connectivity index (χ4n) is 1.59. The van der Waals surface area contributed by atoms with Crippen LogP contribution in [0, 0.1) is 5.82 Å². The van der Waals surface area contributed by atoms with Crippen molar-refractivity contribution in [1.29, 1.82) is 0 Å². The summed E-state index contributed by atoms with van der Waals surface area (Å²) in [6.07, 6.45) is -4.63. The van der Waals surface area contributed by atoms with E-state index in [1.165, 1.54) is 36.2 Å². The first kappa shape index (κ1) is 14.0. The molecule has 8 heteroatoms. The molecule has 4 nitrogen and oxygen atoms in total. The molecule has 0 unspecified atom stereocenters. The summed E-state index contributed by atoms with van der Waals surface area (Å²) in [6, 6.07) is 6.13. The molecule has 2 N–H and O–H groups in total. The molecule has 1 aromatic carbocycles. The maximum absolute atomic E-state index is 13.1. The Kier molecular flexibility index (Phi) is 3.47. The minimum atomic E-state index is -4.63. The van der Waals surface area contributed by atoms with E-state index in [1.807, 2.05) is 0 Å². The minimum Gasteiger partial charge on any atom is -0.368 e. The lowest BCUT2D eigenvalue weighted by Gasteiger charge is -2.19. The van der Waals surface area contributed by atoms with E-state index in [1.54, 1.807) is 0 Å². The third kappa shape index (κ3) is 2.95. The van der Waals surface area contributed by atoms with Crippen LogP contribution in [0.25, 0.3) is 0 Å². The molecule has 0 saturated carbocycles. The van der Waals surface area contributed by atoms with Gasteiger partial charge in [-0.1, -0.05) is 6.07 Å². The zero-order chi connectivity index (χ0) is 14.9. The molecule has 0 aliphatic rings. The van der Waals surface area contributed by atoms with Gasteiger partial charge in [-0.25, -0.2) is 9.37 Å². The number of halogens is 4. The normalized spacial score (nSPS) is 11.4. The molecule has 0 amide bonds. The first-order valence-electron chi connectivity index (χ1n) is 5.48. The number of nitrogens with two attached hydrogens (primary N) is 1. The summed E-state index contributed by atoms with van der Waals surface area (Å²) in [4.78, 5) is 8.15. The summed E-state index contributed by atoms with van der Waals surface area (Å²) in [5.74, 6) is -1.08. The SMILES string of the molecule is CN(c1cccc(F)c1)c1cc(C(F)(F)F)nc(N)n1. The van der Waals surface area contributed by atoms with Crippen molar-refractivity contribution in [3.63, 3.8) is 0 Å². The minimum absolute atomic E-state index is 0.0737. The molecule has 0 saturated heterocycles. The number of aromatic nitrogens is 2. The molecular formula is C12H10F4N4. The maximum Gasteiger partial charge on any atom is 0.433 e. The van der Waals surface area contributed by atoms with Crippen LogP contribution in [0.2, 0.25) is 0 Å². The summed E-state index contributed by atoms with van der Waals surface area (Å²) in [5.41, 5.74) is 4.47. The molecule has 0 radical (unpaired) electrons. The number of hydrogen-bond acceptors (Lipinski definition) is 4. The van der Waals surface area contributed by atoms with Crippen LogP contribution in [0.4, 0.5) is 35.0 Å². The smallest absolute Gasteiger partial charge is 0.368 e. The van der Waals surface area contributed by atoms with Crippen LogP contribution >= 0.6 is 0 Å². The van der Waals surface area contributed by atoms with Gasteiger partial charge in [0.05, 0.1) is 0 Å². The van der Waals surface area contributed by atoms with Gasteiger partial charge in [-0.3, -0.25) is 0 Å². The third-order valence-electron chi connectivity index (χ3n) is 2.56. The standard InChI is InChI=1S/C12H10F4N4/c1-20(8-4-2-3-7(13)5-8)10-6-9(12(14,15)16)18-11(17)19-10/h2-6H,1H3,(H2,17,18,19). The first-order valence-corrected chi connectivity index (χ1v) is 5.48. The number of rotatable bonds is 2. The van der Waals surface area contributed by atoms with E-state index in [0.717, 1.165) is 6.07 Å². The lowest BCUT2D eigenvalue weighted by atomic mass is 10.2. The van der Waals surface area contributed by atoms with Gasteiger partial charge >= 0.3 is 6.18 Å². The average molecular weight is 286 g/mol. The highest BCUT2D eigenvalue weighted by Crippen LogP contribution is 2.31. The topological polar surface area (TPSA) is 55.0 Å². The van der Waals surface area contributed by atoms with Crippen molar-refractivity contribution in [3.8, 4) is 0 Å². The van der Waals surface area contributed by atoms with E-state index in [4.69, 9.17) is 5.73 Å².